The van der Waals surface area contributed by atoms with E-state index in [0.717, 1.165) is 6.42 Å². The van der Waals surface area contributed by atoms with Crippen molar-refractivity contribution in [2.75, 3.05) is 6.54 Å². The summed E-state index contributed by atoms with van der Waals surface area (Å²) in [6.45, 7) is 0.627. The minimum absolute atomic E-state index is 0.627. The summed E-state index contributed by atoms with van der Waals surface area (Å²) >= 11 is 0. The first-order valence-corrected chi connectivity index (χ1v) is 5.81. The highest BCUT2D eigenvalue weighted by Crippen LogP contribution is 2.15. The zero-order valence-corrected chi connectivity index (χ0v) is 9.36. The van der Waals surface area contributed by atoms with E-state index in [-0.39, 0.29) is 0 Å². The number of allylic oxidation sites excluding steroid dienone is 7. The third-order valence-electron chi connectivity index (χ3n) is 2.43. The van der Waals surface area contributed by atoms with E-state index >= 15 is 0 Å². The van der Waals surface area contributed by atoms with Crippen molar-refractivity contribution >= 4 is 0 Å². The van der Waals surface area contributed by atoms with Crippen LogP contribution in [-0.2, 0) is 0 Å². The molecule has 0 aromatic carbocycles. The van der Waals surface area contributed by atoms with Gasteiger partial charge in [-0.15, -0.1) is 0 Å². The predicted molar refractivity (Wildman–Crippen MR) is 67.6 cm³/mol. The van der Waals surface area contributed by atoms with Crippen LogP contribution in [0.4, 0.5) is 0 Å². The number of nitrogens with two attached hydrogens (primary N) is 1. The molecule has 1 heteroatoms. The van der Waals surface area contributed by atoms with Crippen LogP contribution in [0.1, 0.15) is 32.1 Å². The minimum atomic E-state index is 0.627. The number of rotatable bonds is 6. The molecule has 1 rings (SSSR count). The maximum Gasteiger partial charge on any atom is 0.0109 e. The van der Waals surface area contributed by atoms with Gasteiger partial charge in [-0.3, -0.25) is 0 Å². The van der Waals surface area contributed by atoms with Crippen molar-refractivity contribution in [2.24, 2.45) is 5.73 Å². The third kappa shape index (κ3) is 6.08. The Morgan fingerprint density at radius 3 is 2.80 bits per heavy atom. The Balaban J connectivity index is 2.06. The Hall–Kier alpha value is -1.08. The van der Waals surface area contributed by atoms with Crippen LogP contribution in [0.25, 0.3) is 0 Å². The molecule has 15 heavy (non-hydrogen) atoms. The quantitative estimate of drug-likeness (QED) is 0.519. The molecular formula is C14H21N. The van der Waals surface area contributed by atoms with E-state index < -0.39 is 0 Å². The number of hydrogen-bond donors (Lipinski definition) is 1. The molecule has 0 unspecified atom stereocenters. The van der Waals surface area contributed by atoms with Crippen LogP contribution in [0.3, 0.4) is 0 Å². The lowest BCUT2D eigenvalue weighted by Gasteiger charge is -2.04. The molecule has 2 N–H and O–H groups in total. The van der Waals surface area contributed by atoms with Crippen molar-refractivity contribution in [3.63, 3.8) is 0 Å². The second kappa shape index (κ2) is 8.25. The molecule has 0 saturated heterocycles. The highest BCUT2D eigenvalue weighted by molar-refractivity contribution is 5.21. The van der Waals surface area contributed by atoms with Gasteiger partial charge in [0.15, 0.2) is 0 Å². The van der Waals surface area contributed by atoms with E-state index in [4.69, 9.17) is 5.73 Å². The molecule has 82 valence electrons. The topological polar surface area (TPSA) is 26.0 Å². The van der Waals surface area contributed by atoms with Crippen LogP contribution in [0.15, 0.2) is 48.1 Å². The molecule has 0 aromatic rings. The lowest BCUT2D eigenvalue weighted by molar-refractivity contribution is 0.831. The molecule has 0 amide bonds. The number of hydrogen-bond acceptors (Lipinski definition) is 1. The Morgan fingerprint density at radius 2 is 2.07 bits per heavy atom. The molecule has 0 saturated carbocycles. The SMILES string of the molecule is NC/C=C/C=C/CCCC1=CCCC=C1. The molecule has 1 nitrogen and oxygen atoms in total. The standard InChI is InChI=1S/C14H21N/c15-13-9-4-2-1-3-6-10-14-11-7-5-8-12-14/h1-2,4,7,9,11-12H,3,5-6,8,10,13,15H2/b2-1+,9-4+. The van der Waals surface area contributed by atoms with Gasteiger partial charge in [-0.2, -0.15) is 0 Å². The summed E-state index contributed by atoms with van der Waals surface area (Å²) in [7, 11) is 0. The Kier molecular flexibility index (Phi) is 6.59. The van der Waals surface area contributed by atoms with E-state index in [0.29, 0.717) is 6.54 Å². The first-order chi connectivity index (χ1) is 7.43. The Bertz CT molecular complexity index is 269. The van der Waals surface area contributed by atoms with Crippen LogP contribution >= 0.6 is 0 Å². The third-order valence-corrected chi connectivity index (χ3v) is 2.43. The Morgan fingerprint density at radius 1 is 1.20 bits per heavy atom. The van der Waals surface area contributed by atoms with E-state index in [1.807, 2.05) is 12.2 Å². The maximum absolute atomic E-state index is 5.33. The molecule has 0 fully saturated rings. The molecule has 0 aliphatic heterocycles. The Labute approximate surface area is 93.1 Å². The molecular weight excluding hydrogens is 182 g/mol. The van der Waals surface area contributed by atoms with Gasteiger partial charge < -0.3 is 5.73 Å². The summed E-state index contributed by atoms with van der Waals surface area (Å²) in [5.41, 5.74) is 6.84. The second-order valence-electron chi connectivity index (χ2n) is 3.74. The van der Waals surface area contributed by atoms with Crippen LogP contribution in [-0.4, -0.2) is 6.54 Å². The fraction of sp³-hybridized carbons (Fsp3) is 0.429. The lowest BCUT2D eigenvalue weighted by atomic mass is 10.0. The van der Waals surface area contributed by atoms with Crippen LogP contribution in [0.5, 0.6) is 0 Å². The van der Waals surface area contributed by atoms with Crippen molar-refractivity contribution in [3.05, 3.63) is 48.1 Å². The van der Waals surface area contributed by atoms with Crippen molar-refractivity contribution in [1.82, 2.24) is 0 Å². The summed E-state index contributed by atoms with van der Waals surface area (Å²) < 4.78 is 0. The first-order valence-electron chi connectivity index (χ1n) is 5.81. The summed E-state index contributed by atoms with van der Waals surface area (Å²) in [5, 5.41) is 0. The summed E-state index contributed by atoms with van der Waals surface area (Å²) in [6.07, 6.45) is 21.2. The fourth-order valence-electron chi connectivity index (χ4n) is 1.61. The van der Waals surface area contributed by atoms with Gasteiger partial charge >= 0.3 is 0 Å². The molecule has 0 atom stereocenters. The van der Waals surface area contributed by atoms with E-state index in [1.54, 1.807) is 0 Å². The lowest BCUT2D eigenvalue weighted by Crippen LogP contribution is -1.91. The van der Waals surface area contributed by atoms with Gasteiger partial charge in [-0.1, -0.05) is 48.1 Å². The van der Waals surface area contributed by atoms with Crippen molar-refractivity contribution < 1.29 is 0 Å². The molecule has 0 aromatic heterocycles. The number of unbranched alkanes of at least 4 members (excludes halogenated alkanes) is 1. The van der Waals surface area contributed by atoms with Crippen LogP contribution in [0, 0.1) is 0 Å². The average molecular weight is 203 g/mol. The zero-order chi connectivity index (χ0) is 10.8. The maximum atomic E-state index is 5.33. The van der Waals surface area contributed by atoms with Crippen molar-refractivity contribution in [2.45, 2.75) is 32.1 Å². The van der Waals surface area contributed by atoms with Crippen molar-refractivity contribution in [3.8, 4) is 0 Å². The van der Waals surface area contributed by atoms with Gasteiger partial charge in [0.25, 0.3) is 0 Å². The molecule has 0 bridgehead atoms. The van der Waals surface area contributed by atoms with Crippen LogP contribution < -0.4 is 5.73 Å². The van der Waals surface area contributed by atoms with Crippen LogP contribution in [0.2, 0.25) is 0 Å². The van der Waals surface area contributed by atoms with Gasteiger partial charge in [0.05, 0.1) is 0 Å². The van der Waals surface area contributed by atoms with Gasteiger partial charge in [0.2, 0.25) is 0 Å². The van der Waals surface area contributed by atoms with E-state index in [9.17, 15) is 0 Å². The summed E-state index contributed by atoms with van der Waals surface area (Å²) in [4.78, 5) is 0. The molecule has 1 aliphatic rings. The minimum Gasteiger partial charge on any atom is -0.327 e. The summed E-state index contributed by atoms with van der Waals surface area (Å²) in [5.74, 6) is 0. The smallest absolute Gasteiger partial charge is 0.0109 e. The second-order valence-corrected chi connectivity index (χ2v) is 3.74. The molecule has 0 heterocycles. The van der Waals surface area contributed by atoms with Gasteiger partial charge in [-0.05, 0) is 32.1 Å². The average Bonchev–Trinajstić information content (AvgIpc) is 2.29. The van der Waals surface area contributed by atoms with E-state index in [1.165, 1.54) is 31.3 Å². The van der Waals surface area contributed by atoms with Gasteiger partial charge in [-0.25, -0.2) is 0 Å². The first kappa shape index (κ1) is 12.0. The molecule has 0 radical (unpaired) electrons. The van der Waals surface area contributed by atoms with Crippen molar-refractivity contribution in [1.29, 1.82) is 0 Å². The largest absolute Gasteiger partial charge is 0.327 e. The summed E-state index contributed by atoms with van der Waals surface area (Å²) in [6, 6.07) is 0. The predicted octanol–water partition coefficient (Wildman–Crippen LogP) is 3.50. The monoisotopic (exact) mass is 203 g/mol. The normalized spacial score (nSPS) is 16.5. The fourth-order valence-corrected chi connectivity index (χ4v) is 1.61. The molecule has 1 aliphatic carbocycles. The highest BCUT2D eigenvalue weighted by Gasteiger charge is 1.95. The molecule has 0 spiro atoms. The highest BCUT2D eigenvalue weighted by atomic mass is 14.5. The van der Waals surface area contributed by atoms with Gasteiger partial charge in [0, 0.05) is 6.54 Å². The van der Waals surface area contributed by atoms with E-state index in [2.05, 4.69) is 30.4 Å². The van der Waals surface area contributed by atoms with Gasteiger partial charge in [0.1, 0.15) is 0 Å². The zero-order valence-electron chi connectivity index (χ0n) is 9.36.